The van der Waals surface area contributed by atoms with Gasteiger partial charge >= 0.3 is 5.97 Å². The maximum Gasteiger partial charge on any atom is 0.349 e. The van der Waals surface area contributed by atoms with Crippen LogP contribution in [-0.2, 0) is 16.0 Å². The number of benzene rings is 2. The zero-order valence-electron chi connectivity index (χ0n) is 20.5. The first-order chi connectivity index (χ1) is 15.7. The quantitative estimate of drug-likeness (QED) is 0.317. The third-order valence-electron chi connectivity index (χ3n) is 6.19. The van der Waals surface area contributed by atoms with Crippen LogP contribution in [-0.4, -0.2) is 43.3 Å². The predicted octanol–water partition coefficient (Wildman–Crippen LogP) is 5.01. The van der Waals surface area contributed by atoms with Crippen LogP contribution in [0.15, 0.2) is 41.3 Å². The van der Waals surface area contributed by atoms with Crippen LogP contribution in [0.4, 0.5) is 0 Å². The van der Waals surface area contributed by atoms with Crippen LogP contribution in [0.25, 0.3) is 0 Å². The van der Waals surface area contributed by atoms with E-state index in [9.17, 15) is 9.59 Å². The third kappa shape index (κ3) is 5.98. The van der Waals surface area contributed by atoms with Gasteiger partial charge < -0.3 is 14.8 Å². The lowest BCUT2D eigenvalue weighted by Crippen LogP contribution is -2.40. The molecule has 0 aromatic heterocycles. The number of carbonyl (C=O) groups is 2. The van der Waals surface area contributed by atoms with Crippen molar-refractivity contribution in [3.63, 3.8) is 0 Å². The lowest BCUT2D eigenvalue weighted by Gasteiger charge is -2.27. The summed E-state index contributed by atoms with van der Waals surface area (Å²) >= 11 is 1.68. The number of nitrogens with one attached hydrogen (secondary N) is 1. The predicted molar refractivity (Wildman–Crippen MR) is 133 cm³/mol. The van der Waals surface area contributed by atoms with Crippen LogP contribution in [0.3, 0.4) is 0 Å². The van der Waals surface area contributed by atoms with Crippen LogP contribution in [0.5, 0.6) is 5.75 Å². The molecule has 0 unspecified atom stereocenters. The van der Waals surface area contributed by atoms with Crippen LogP contribution in [0.2, 0.25) is 0 Å². The average molecular weight is 470 g/mol. The molecule has 0 spiro atoms. The molecule has 1 aliphatic rings. The van der Waals surface area contributed by atoms with Crippen molar-refractivity contribution in [2.75, 3.05) is 26.0 Å². The maximum atomic E-state index is 13.2. The van der Waals surface area contributed by atoms with E-state index in [2.05, 4.69) is 17.4 Å². The van der Waals surface area contributed by atoms with Gasteiger partial charge in [0.1, 0.15) is 5.75 Å². The van der Waals surface area contributed by atoms with E-state index in [-0.39, 0.29) is 23.6 Å². The largest absolute Gasteiger partial charge is 0.476 e. The highest BCUT2D eigenvalue weighted by Crippen LogP contribution is 2.32. The lowest BCUT2D eigenvalue weighted by atomic mass is 9.84. The highest BCUT2D eigenvalue weighted by molar-refractivity contribution is 7.98. The SMILES string of the molecule is CCOC(=O)C(C)(C)Oc1c(C)cc(C[C@H]2CNC[C@@H]2C(=O)c2ccc(SC)cc2)cc1C. The number of hydrogen-bond donors (Lipinski definition) is 1. The molecule has 0 radical (unpaired) electrons. The van der Waals surface area contributed by atoms with E-state index in [0.29, 0.717) is 18.9 Å². The van der Waals surface area contributed by atoms with Crippen LogP contribution in [0.1, 0.15) is 47.8 Å². The Hall–Kier alpha value is -2.31. The van der Waals surface area contributed by atoms with Crippen molar-refractivity contribution in [1.82, 2.24) is 5.32 Å². The number of thioether (sulfide) groups is 1. The normalized spacial score (nSPS) is 18.2. The molecule has 1 N–H and O–H groups in total. The fraction of sp³-hybridized carbons (Fsp3) is 0.481. The van der Waals surface area contributed by atoms with Crippen LogP contribution in [0, 0.1) is 25.7 Å². The zero-order valence-corrected chi connectivity index (χ0v) is 21.3. The number of ketones is 1. The molecule has 2 aromatic rings. The molecule has 1 aliphatic heterocycles. The van der Waals surface area contributed by atoms with Gasteiger partial charge in [0.05, 0.1) is 6.61 Å². The number of Topliss-reactive ketones (excluding diaryl/α,β-unsaturated/α-hetero) is 1. The van der Waals surface area contributed by atoms with E-state index in [4.69, 9.17) is 9.47 Å². The molecule has 5 nitrogen and oxygen atoms in total. The second kappa shape index (κ2) is 10.7. The van der Waals surface area contributed by atoms with Crippen molar-refractivity contribution in [3.05, 3.63) is 58.7 Å². The second-order valence-electron chi connectivity index (χ2n) is 9.21. The van der Waals surface area contributed by atoms with Gasteiger partial charge in [-0.1, -0.05) is 24.3 Å². The van der Waals surface area contributed by atoms with Gasteiger partial charge in [0.15, 0.2) is 11.4 Å². The molecule has 2 atom stereocenters. The Morgan fingerprint density at radius 2 is 1.73 bits per heavy atom. The fourth-order valence-corrected chi connectivity index (χ4v) is 4.86. The summed E-state index contributed by atoms with van der Waals surface area (Å²) < 4.78 is 11.2. The van der Waals surface area contributed by atoms with Gasteiger partial charge in [-0.2, -0.15) is 0 Å². The van der Waals surface area contributed by atoms with Gasteiger partial charge in [-0.15, -0.1) is 11.8 Å². The van der Waals surface area contributed by atoms with Crippen molar-refractivity contribution in [2.24, 2.45) is 11.8 Å². The van der Waals surface area contributed by atoms with Gasteiger partial charge in [-0.25, -0.2) is 4.79 Å². The Balaban J connectivity index is 1.74. The minimum atomic E-state index is -1.06. The minimum Gasteiger partial charge on any atom is -0.476 e. The molecular formula is C27H35NO4S. The summed E-state index contributed by atoms with van der Waals surface area (Å²) in [5.74, 6) is 0.741. The summed E-state index contributed by atoms with van der Waals surface area (Å²) in [6.45, 7) is 11.1. The Kier molecular flexibility index (Phi) is 8.24. The number of aryl methyl sites for hydroxylation is 2. The molecule has 178 valence electrons. The molecule has 3 rings (SSSR count). The Bertz CT molecular complexity index is 977. The van der Waals surface area contributed by atoms with Gasteiger partial charge in [-0.3, -0.25) is 4.79 Å². The summed E-state index contributed by atoms with van der Waals surface area (Å²) in [4.78, 5) is 26.6. The monoisotopic (exact) mass is 469 g/mol. The highest BCUT2D eigenvalue weighted by atomic mass is 32.2. The van der Waals surface area contributed by atoms with Gasteiger partial charge in [-0.05, 0) is 88.6 Å². The van der Waals surface area contributed by atoms with E-state index in [0.717, 1.165) is 34.6 Å². The molecule has 0 aliphatic carbocycles. The van der Waals surface area contributed by atoms with Crippen molar-refractivity contribution >= 4 is 23.5 Å². The van der Waals surface area contributed by atoms with E-state index in [1.54, 1.807) is 32.5 Å². The molecule has 1 heterocycles. The Morgan fingerprint density at radius 3 is 2.30 bits per heavy atom. The molecular weight excluding hydrogens is 434 g/mol. The molecule has 1 saturated heterocycles. The third-order valence-corrected chi connectivity index (χ3v) is 6.94. The molecule has 0 amide bonds. The van der Waals surface area contributed by atoms with Crippen LogP contribution < -0.4 is 10.1 Å². The van der Waals surface area contributed by atoms with E-state index in [1.807, 2.05) is 44.4 Å². The lowest BCUT2D eigenvalue weighted by molar-refractivity contribution is -0.158. The van der Waals surface area contributed by atoms with Gasteiger partial charge in [0.2, 0.25) is 0 Å². The van der Waals surface area contributed by atoms with Gasteiger partial charge in [0.25, 0.3) is 0 Å². The highest BCUT2D eigenvalue weighted by Gasteiger charge is 2.35. The number of ether oxygens (including phenoxy) is 2. The Labute approximate surface area is 201 Å². The van der Waals surface area contributed by atoms with Crippen molar-refractivity contribution in [1.29, 1.82) is 0 Å². The summed E-state index contributed by atoms with van der Waals surface area (Å²) in [6.07, 6.45) is 2.85. The number of esters is 1. The maximum absolute atomic E-state index is 13.2. The first kappa shape index (κ1) is 25.3. The number of hydrogen-bond acceptors (Lipinski definition) is 6. The summed E-state index contributed by atoms with van der Waals surface area (Å²) in [5, 5.41) is 3.41. The molecule has 0 bridgehead atoms. The van der Waals surface area contributed by atoms with Crippen molar-refractivity contribution in [2.45, 2.75) is 51.5 Å². The van der Waals surface area contributed by atoms with Crippen LogP contribution >= 0.6 is 11.8 Å². The van der Waals surface area contributed by atoms with E-state index in [1.165, 1.54) is 5.56 Å². The van der Waals surface area contributed by atoms with Crippen molar-refractivity contribution < 1.29 is 19.1 Å². The number of rotatable bonds is 9. The molecule has 2 aromatic carbocycles. The molecule has 6 heteroatoms. The van der Waals surface area contributed by atoms with E-state index >= 15 is 0 Å². The Morgan fingerprint density at radius 1 is 1.09 bits per heavy atom. The average Bonchev–Trinajstić information content (AvgIpc) is 3.24. The molecule has 1 fully saturated rings. The van der Waals surface area contributed by atoms with Crippen molar-refractivity contribution in [3.8, 4) is 5.75 Å². The summed E-state index contributed by atoms with van der Waals surface area (Å²) in [5.41, 5.74) is 2.85. The first-order valence-electron chi connectivity index (χ1n) is 11.5. The van der Waals surface area contributed by atoms with Gasteiger partial charge in [0, 0.05) is 22.9 Å². The molecule has 0 saturated carbocycles. The molecule has 33 heavy (non-hydrogen) atoms. The topological polar surface area (TPSA) is 64.6 Å². The minimum absolute atomic E-state index is 0.0376. The zero-order chi connectivity index (χ0) is 24.2. The summed E-state index contributed by atoms with van der Waals surface area (Å²) in [6, 6.07) is 12.1. The van der Waals surface area contributed by atoms with E-state index < -0.39 is 5.60 Å². The standard InChI is InChI=1S/C27H35NO4S/c1-7-31-26(30)27(4,5)32-25-17(2)12-19(13-18(25)3)14-21-15-28-16-23(21)24(29)20-8-10-22(33-6)11-9-20/h8-13,21,23,28H,7,14-16H2,1-6H3/t21-,23-/m0/s1. The first-order valence-corrected chi connectivity index (χ1v) is 12.7. The fourth-order valence-electron chi connectivity index (χ4n) is 4.45. The smallest absolute Gasteiger partial charge is 0.349 e. The second-order valence-corrected chi connectivity index (χ2v) is 10.1. The number of carbonyl (C=O) groups excluding carboxylic acids is 2. The summed E-state index contributed by atoms with van der Waals surface area (Å²) in [7, 11) is 0.